The van der Waals surface area contributed by atoms with Crippen molar-refractivity contribution in [3.05, 3.63) is 53.0 Å². The van der Waals surface area contributed by atoms with Crippen molar-refractivity contribution >= 4 is 82.3 Å². The molecule has 1 atom stereocenters. The Balaban J connectivity index is 2.39. The third-order valence-electron chi connectivity index (χ3n) is 2.15. The van der Waals surface area contributed by atoms with E-state index in [0.29, 0.717) is 5.02 Å². The Kier molecular flexibility index (Phi) is 5.01. The van der Waals surface area contributed by atoms with Crippen molar-refractivity contribution in [1.82, 2.24) is 0 Å². The molecular formula is C11H5Br3Cl2S. The summed E-state index contributed by atoms with van der Waals surface area (Å²) in [6, 6.07) is 7.77. The van der Waals surface area contributed by atoms with E-state index in [1.807, 2.05) is 24.3 Å². The van der Waals surface area contributed by atoms with E-state index < -0.39 is 0 Å². The fourth-order valence-electron chi connectivity index (χ4n) is 1.35. The quantitative estimate of drug-likeness (QED) is 0.404. The minimum absolute atomic E-state index is 0.0999. The fourth-order valence-corrected chi connectivity index (χ4v) is 5.11. The molecule has 0 saturated carbocycles. The summed E-state index contributed by atoms with van der Waals surface area (Å²) in [7, 11) is 0. The molecule has 0 amide bonds. The Hall–Kier alpha value is 0.940. The van der Waals surface area contributed by atoms with E-state index in [-0.39, 0.29) is 4.83 Å². The van der Waals surface area contributed by atoms with Crippen molar-refractivity contribution in [3.63, 3.8) is 0 Å². The molecule has 1 aromatic carbocycles. The minimum atomic E-state index is 0.0999. The first-order chi connectivity index (χ1) is 7.99. The Morgan fingerprint density at radius 3 is 2.29 bits per heavy atom. The molecule has 0 fully saturated rings. The van der Waals surface area contributed by atoms with Crippen LogP contribution in [-0.2, 0) is 0 Å². The molecular weight excluding hydrogens is 475 g/mol. The third-order valence-corrected chi connectivity index (χ3v) is 6.90. The van der Waals surface area contributed by atoms with Crippen LogP contribution in [0.15, 0.2) is 33.2 Å². The largest absolute Gasteiger partial charge is 0.126 e. The maximum Gasteiger partial charge on any atom is 0.107 e. The van der Waals surface area contributed by atoms with Gasteiger partial charge in [-0.1, -0.05) is 61.1 Å². The second-order valence-electron chi connectivity index (χ2n) is 3.30. The summed E-state index contributed by atoms with van der Waals surface area (Å²) in [6.07, 6.45) is 0. The monoisotopic (exact) mass is 476 g/mol. The minimum Gasteiger partial charge on any atom is -0.126 e. The van der Waals surface area contributed by atoms with Crippen molar-refractivity contribution in [1.29, 1.82) is 0 Å². The normalized spacial score (nSPS) is 12.8. The van der Waals surface area contributed by atoms with Crippen LogP contribution < -0.4 is 0 Å². The molecule has 0 spiro atoms. The van der Waals surface area contributed by atoms with Crippen LogP contribution in [0.4, 0.5) is 0 Å². The third kappa shape index (κ3) is 3.28. The van der Waals surface area contributed by atoms with Gasteiger partial charge in [0.25, 0.3) is 0 Å². The number of halogens is 5. The van der Waals surface area contributed by atoms with E-state index >= 15 is 0 Å². The molecule has 0 radical (unpaired) electrons. The van der Waals surface area contributed by atoms with Gasteiger partial charge in [0.05, 0.1) is 4.83 Å². The van der Waals surface area contributed by atoms with Crippen molar-refractivity contribution in [2.75, 3.05) is 0 Å². The maximum atomic E-state index is 6.04. The first kappa shape index (κ1) is 14.4. The van der Waals surface area contributed by atoms with Gasteiger partial charge in [0, 0.05) is 18.8 Å². The molecule has 0 nitrogen and oxygen atoms in total. The van der Waals surface area contributed by atoms with Crippen molar-refractivity contribution < 1.29 is 0 Å². The summed E-state index contributed by atoms with van der Waals surface area (Å²) in [5.41, 5.74) is 1.12. The first-order valence-corrected chi connectivity index (χ1v) is 8.60. The topological polar surface area (TPSA) is 0 Å². The highest BCUT2D eigenvalue weighted by Gasteiger charge is 2.17. The van der Waals surface area contributed by atoms with Crippen LogP contribution in [0.5, 0.6) is 0 Å². The molecule has 0 aliphatic carbocycles. The zero-order chi connectivity index (χ0) is 12.6. The van der Waals surface area contributed by atoms with Gasteiger partial charge in [-0.05, 0) is 39.7 Å². The van der Waals surface area contributed by atoms with Crippen LogP contribution in [0.2, 0.25) is 9.36 Å². The standard InChI is InChI=1S/C11H5Br3Cl2S/c12-7-3-5(15)1-2-6(7)10(14)9-4-8(13)11(16)17-9/h1-4,10H. The van der Waals surface area contributed by atoms with Crippen LogP contribution in [0, 0.1) is 0 Å². The maximum absolute atomic E-state index is 6.04. The molecule has 1 heterocycles. The molecule has 0 bridgehead atoms. The van der Waals surface area contributed by atoms with E-state index in [0.717, 1.165) is 23.7 Å². The molecule has 0 N–H and O–H groups in total. The van der Waals surface area contributed by atoms with E-state index in [1.165, 1.54) is 0 Å². The molecule has 0 aliphatic heterocycles. The van der Waals surface area contributed by atoms with Gasteiger partial charge in [0.1, 0.15) is 4.34 Å². The van der Waals surface area contributed by atoms with E-state index in [9.17, 15) is 0 Å². The SMILES string of the molecule is Clc1ccc(C(Br)c2cc(Br)c(Cl)s2)c(Br)c1. The Labute approximate surface area is 139 Å². The predicted octanol–water partition coefficient (Wildman–Crippen LogP) is 7.06. The number of hydrogen-bond acceptors (Lipinski definition) is 1. The lowest BCUT2D eigenvalue weighted by molar-refractivity contribution is 1.21. The summed E-state index contributed by atoms with van der Waals surface area (Å²) in [5, 5.41) is 0.714. The molecule has 0 saturated heterocycles. The van der Waals surface area contributed by atoms with E-state index in [4.69, 9.17) is 23.2 Å². The fraction of sp³-hybridized carbons (Fsp3) is 0.0909. The summed E-state index contributed by atoms with van der Waals surface area (Å²) in [4.78, 5) is 1.24. The van der Waals surface area contributed by atoms with Crippen LogP contribution in [-0.4, -0.2) is 0 Å². The van der Waals surface area contributed by atoms with Crippen molar-refractivity contribution in [2.24, 2.45) is 0 Å². The highest BCUT2D eigenvalue weighted by molar-refractivity contribution is 9.11. The Morgan fingerprint density at radius 2 is 1.76 bits per heavy atom. The van der Waals surface area contributed by atoms with Crippen LogP contribution in [0.3, 0.4) is 0 Å². The summed E-state index contributed by atoms with van der Waals surface area (Å²) in [6.45, 7) is 0. The summed E-state index contributed by atoms with van der Waals surface area (Å²) < 4.78 is 2.66. The van der Waals surface area contributed by atoms with Crippen LogP contribution >= 0.6 is 82.3 Å². The van der Waals surface area contributed by atoms with Gasteiger partial charge in [-0.3, -0.25) is 0 Å². The highest BCUT2D eigenvalue weighted by atomic mass is 79.9. The number of benzene rings is 1. The van der Waals surface area contributed by atoms with Gasteiger partial charge in [0.2, 0.25) is 0 Å². The molecule has 6 heteroatoms. The summed E-state index contributed by atoms with van der Waals surface area (Å²) in [5.74, 6) is 0. The summed E-state index contributed by atoms with van der Waals surface area (Å²) >= 11 is 24.1. The van der Waals surface area contributed by atoms with Crippen molar-refractivity contribution in [2.45, 2.75) is 4.83 Å². The molecule has 0 aliphatic rings. The average Bonchev–Trinajstić information content (AvgIpc) is 2.58. The number of alkyl halides is 1. The van der Waals surface area contributed by atoms with Gasteiger partial charge >= 0.3 is 0 Å². The lowest BCUT2D eigenvalue weighted by atomic mass is 10.1. The Bertz CT molecular complexity index is 534. The van der Waals surface area contributed by atoms with Crippen LogP contribution in [0.25, 0.3) is 0 Å². The zero-order valence-electron chi connectivity index (χ0n) is 8.18. The zero-order valence-corrected chi connectivity index (χ0v) is 15.3. The molecule has 1 aromatic heterocycles. The van der Waals surface area contributed by atoms with Gasteiger partial charge in [-0.15, -0.1) is 11.3 Å². The first-order valence-electron chi connectivity index (χ1n) is 4.53. The van der Waals surface area contributed by atoms with E-state index in [1.54, 1.807) is 11.3 Å². The van der Waals surface area contributed by atoms with Gasteiger partial charge in [-0.2, -0.15) is 0 Å². The van der Waals surface area contributed by atoms with Gasteiger partial charge < -0.3 is 0 Å². The molecule has 2 rings (SSSR count). The molecule has 90 valence electrons. The van der Waals surface area contributed by atoms with Crippen LogP contribution in [0.1, 0.15) is 15.3 Å². The lowest BCUT2D eigenvalue weighted by Crippen LogP contribution is -1.90. The molecule has 2 aromatic rings. The predicted molar refractivity (Wildman–Crippen MR) is 87.0 cm³/mol. The second-order valence-corrected chi connectivity index (χ2v) is 8.05. The number of hydrogen-bond donors (Lipinski definition) is 0. The van der Waals surface area contributed by atoms with E-state index in [2.05, 4.69) is 47.8 Å². The Morgan fingerprint density at radius 1 is 1.06 bits per heavy atom. The van der Waals surface area contributed by atoms with Gasteiger partial charge in [-0.25, -0.2) is 0 Å². The smallest absolute Gasteiger partial charge is 0.107 e. The number of rotatable bonds is 2. The number of thiophene rings is 1. The second kappa shape index (κ2) is 5.93. The molecule has 1 unspecified atom stereocenters. The van der Waals surface area contributed by atoms with Gasteiger partial charge in [0.15, 0.2) is 0 Å². The van der Waals surface area contributed by atoms with Crippen molar-refractivity contribution in [3.8, 4) is 0 Å². The highest BCUT2D eigenvalue weighted by Crippen LogP contribution is 2.43. The lowest BCUT2D eigenvalue weighted by Gasteiger charge is -2.10. The average molecular weight is 480 g/mol. The molecule has 17 heavy (non-hydrogen) atoms.